The average molecular weight is 531 g/mol. The van der Waals surface area contributed by atoms with E-state index in [0.717, 1.165) is 49.7 Å². The maximum atomic E-state index is 13.6. The fourth-order valence-corrected chi connectivity index (χ4v) is 6.00. The summed E-state index contributed by atoms with van der Waals surface area (Å²) in [6.07, 6.45) is 8.55. The second kappa shape index (κ2) is 9.22. The summed E-state index contributed by atoms with van der Waals surface area (Å²) < 4.78 is 8.03. The minimum atomic E-state index is -0.288. The lowest BCUT2D eigenvalue weighted by molar-refractivity contribution is 0.0625. The molecule has 10 nitrogen and oxygen atoms in total. The molecule has 1 aliphatic heterocycles. The molecule has 4 N–H and O–H groups in total. The molecule has 204 valence electrons. The third kappa shape index (κ3) is 4.50. The van der Waals surface area contributed by atoms with Gasteiger partial charge in [0.05, 0.1) is 23.5 Å². The van der Waals surface area contributed by atoms with E-state index in [2.05, 4.69) is 17.3 Å². The van der Waals surface area contributed by atoms with Crippen LogP contribution in [0.4, 0.5) is 5.82 Å². The van der Waals surface area contributed by atoms with Gasteiger partial charge in [0.25, 0.3) is 11.8 Å². The Morgan fingerprint density at radius 3 is 2.64 bits per heavy atom. The molecule has 39 heavy (non-hydrogen) atoms. The molecular weight excluding hydrogens is 496 g/mol. The van der Waals surface area contributed by atoms with E-state index in [1.807, 2.05) is 23.1 Å². The van der Waals surface area contributed by atoms with Gasteiger partial charge in [-0.2, -0.15) is 0 Å². The molecule has 0 spiro atoms. The van der Waals surface area contributed by atoms with E-state index >= 15 is 0 Å². The zero-order valence-electron chi connectivity index (χ0n) is 22.1. The molecule has 0 saturated heterocycles. The fraction of sp³-hybridized carbons (Fsp3) is 0.517. The van der Waals surface area contributed by atoms with Crippen molar-refractivity contribution in [1.29, 1.82) is 0 Å². The molecule has 3 aromatic rings. The Kier molecular flexibility index (Phi) is 5.77. The molecule has 7 rings (SSSR count). The summed E-state index contributed by atoms with van der Waals surface area (Å²) in [6.45, 7) is 2.68. The smallest absolute Gasteiger partial charge is 0.259 e. The molecule has 1 aromatic carbocycles. The summed E-state index contributed by atoms with van der Waals surface area (Å²) in [5.74, 6) is 1.03. The molecule has 3 fully saturated rings. The predicted molar refractivity (Wildman–Crippen MR) is 144 cm³/mol. The number of carbonyl (C=O) groups is 2. The Morgan fingerprint density at radius 2 is 1.92 bits per heavy atom. The topological polar surface area (TPSA) is 135 Å². The number of anilines is 1. The summed E-state index contributed by atoms with van der Waals surface area (Å²) >= 11 is 0. The number of benzene rings is 1. The van der Waals surface area contributed by atoms with Crippen molar-refractivity contribution < 1.29 is 19.4 Å². The number of fused-ring (bicyclic) bond motifs is 2. The number of aromatic nitrogens is 3. The highest BCUT2D eigenvalue weighted by atomic mass is 16.5. The van der Waals surface area contributed by atoms with Crippen LogP contribution in [0, 0.1) is 5.92 Å². The van der Waals surface area contributed by atoms with E-state index in [1.165, 1.54) is 4.52 Å². The molecule has 1 unspecified atom stereocenters. The number of aliphatic hydroxyl groups excluding tert-OH is 1. The van der Waals surface area contributed by atoms with E-state index in [4.69, 9.17) is 15.5 Å². The van der Waals surface area contributed by atoms with E-state index in [1.54, 1.807) is 6.20 Å². The molecular formula is C29H34N6O4. The minimum Gasteiger partial charge on any atom is -0.490 e. The van der Waals surface area contributed by atoms with E-state index in [9.17, 15) is 14.7 Å². The van der Waals surface area contributed by atoms with Crippen LogP contribution in [-0.2, 0) is 6.54 Å². The van der Waals surface area contributed by atoms with Gasteiger partial charge in [0, 0.05) is 30.4 Å². The van der Waals surface area contributed by atoms with Crippen molar-refractivity contribution in [2.45, 2.75) is 89.1 Å². The zero-order valence-corrected chi connectivity index (χ0v) is 22.1. The van der Waals surface area contributed by atoms with Crippen LogP contribution in [0.25, 0.3) is 16.9 Å². The first-order chi connectivity index (χ1) is 18.9. The standard InChI is InChI=1S/C29H34N6O4/c1-15(16-2-3-16)34-14-18-12-17(13-23(24(18)29(34)38)39-21-8-6-20(36)7-9-21)22-10-11-35-27(32-22)25(26(30)33-35)28(37)31-19-4-5-19/h10-13,15-16,19-21,36H,2-9,14H2,1H3,(H2,30,33)(H,31,37). The molecule has 2 amide bonds. The van der Waals surface area contributed by atoms with Gasteiger partial charge >= 0.3 is 0 Å². The second-order valence-corrected chi connectivity index (χ2v) is 11.7. The number of hydrogen-bond donors (Lipinski definition) is 3. The monoisotopic (exact) mass is 530 g/mol. The highest BCUT2D eigenvalue weighted by Crippen LogP contribution is 2.42. The summed E-state index contributed by atoms with van der Waals surface area (Å²) in [7, 11) is 0. The third-order valence-corrected chi connectivity index (χ3v) is 8.68. The molecule has 3 aliphatic carbocycles. The first-order valence-corrected chi connectivity index (χ1v) is 14.1. The van der Waals surface area contributed by atoms with Gasteiger partial charge in [-0.05, 0) is 88.0 Å². The van der Waals surface area contributed by atoms with Crippen molar-refractivity contribution in [3.8, 4) is 17.0 Å². The van der Waals surface area contributed by atoms with Gasteiger partial charge in [0.2, 0.25) is 0 Å². The van der Waals surface area contributed by atoms with Gasteiger partial charge in [-0.1, -0.05) is 0 Å². The molecule has 0 bridgehead atoms. The van der Waals surface area contributed by atoms with Crippen molar-refractivity contribution in [2.75, 3.05) is 5.73 Å². The number of aliphatic hydroxyl groups is 1. The van der Waals surface area contributed by atoms with Gasteiger partial charge in [-0.15, -0.1) is 5.10 Å². The number of nitrogens with two attached hydrogens (primary N) is 1. The molecule has 3 heterocycles. The summed E-state index contributed by atoms with van der Waals surface area (Å²) in [6, 6.07) is 6.13. The quantitative estimate of drug-likeness (QED) is 0.427. The lowest BCUT2D eigenvalue weighted by Crippen LogP contribution is -2.35. The third-order valence-electron chi connectivity index (χ3n) is 8.68. The van der Waals surface area contributed by atoms with Crippen LogP contribution in [0.5, 0.6) is 5.75 Å². The Labute approximate surface area is 226 Å². The van der Waals surface area contributed by atoms with Crippen molar-refractivity contribution >= 4 is 23.3 Å². The maximum absolute atomic E-state index is 13.6. The van der Waals surface area contributed by atoms with Crippen LogP contribution >= 0.6 is 0 Å². The lowest BCUT2D eigenvalue weighted by atomic mass is 9.95. The molecule has 1 atom stereocenters. The second-order valence-electron chi connectivity index (χ2n) is 11.7. The number of carbonyl (C=O) groups excluding carboxylic acids is 2. The predicted octanol–water partition coefficient (Wildman–Crippen LogP) is 3.31. The first-order valence-electron chi connectivity index (χ1n) is 14.1. The highest BCUT2D eigenvalue weighted by molar-refractivity contribution is 6.05. The number of hydrogen-bond acceptors (Lipinski definition) is 7. The lowest BCUT2D eigenvalue weighted by Gasteiger charge is -2.27. The van der Waals surface area contributed by atoms with Crippen molar-refractivity contribution in [3.63, 3.8) is 0 Å². The Bertz CT molecular complexity index is 1470. The number of rotatable bonds is 7. The van der Waals surface area contributed by atoms with E-state index in [-0.39, 0.29) is 47.5 Å². The Balaban J connectivity index is 1.28. The molecule has 2 aromatic heterocycles. The van der Waals surface area contributed by atoms with Crippen LogP contribution in [0.3, 0.4) is 0 Å². The summed E-state index contributed by atoms with van der Waals surface area (Å²) in [5, 5.41) is 17.2. The largest absolute Gasteiger partial charge is 0.490 e. The van der Waals surface area contributed by atoms with Gasteiger partial charge in [0.1, 0.15) is 11.3 Å². The van der Waals surface area contributed by atoms with Crippen LogP contribution in [0.1, 0.15) is 84.6 Å². The molecule has 0 radical (unpaired) electrons. The van der Waals surface area contributed by atoms with E-state index in [0.29, 0.717) is 48.0 Å². The number of nitrogens with one attached hydrogen (secondary N) is 1. The molecule has 10 heteroatoms. The van der Waals surface area contributed by atoms with Gasteiger partial charge in [-0.3, -0.25) is 9.59 Å². The normalized spacial score (nSPS) is 23.6. The van der Waals surface area contributed by atoms with Crippen LogP contribution < -0.4 is 15.8 Å². The first kappa shape index (κ1) is 24.4. The number of ether oxygens (including phenoxy) is 1. The SMILES string of the molecule is CC(C1CC1)N1Cc2cc(-c3ccn4nc(N)c(C(=O)NC5CC5)c4n3)cc(OC3CCC(O)CC3)c2C1=O. The summed E-state index contributed by atoms with van der Waals surface area (Å²) in [4.78, 5) is 33.4. The van der Waals surface area contributed by atoms with Crippen LogP contribution in [0.15, 0.2) is 24.4 Å². The summed E-state index contributed by atoms with van der Waals surface area (Å²) in [5.41, 5.74) is 9.82. The maximum Gasteiger partial charge on any atom is 0.259 e. The van der Waals surface area contributed by atoms with Gasteiger partial charge in [0.15, 0.2) is 11.5 Å². The average Bonchev–Trinajstić information content (AvgIpc) is 3.85. The zero-order chi connectivity index (χ0) is 26.8. The van der Waals surface area contributed by atoms with Crippen molar-refractivity contribution in [2.24, 2.45) is 5.92 Å². The Morgan fingerprint density at radius 1 is 1.15 bits per heavy atom. The number of amides is 2. The van der Waals surface area contributed by atoms with E-state index < -0.39 is 0 Å². The molecule has 3 saturated carbocycles. The van der Waals surface area contributed by atoms with Crippen molar-refractivity contribution in [3.05, 3.63) is 41.1 Å². The fourth-order valence-electron chi connectivity index (χ4n) is 6.00. The van der Waals surface area contributed by atoms with Crippen molar-refractivity contribution in [1.82, 2.24) is 24.8 Å². The Hall–Kier alpha value is -3.66. The van der Waals surface area contributed by atoms with Gasteiger partial charge < -0.3 is 25.8 Å². The van der Waals surface area contributed by atoms with Gasteiger partial charge in [-0.25, -0.2) is 9.50 Å². The van der Waals surface area contributed by atoms with Crippen LogP contribution in [-0.4, -0.2) is 60.7 Å². The van der Waals surface area contributed by atoms with Crippen LogP contribution in [0.2, 0.25) is 0 Å². The highest BCUT2D eigenvalue weighted by Gasteiger charge is 2.40. The minimum absolute atomic E-state index is 0.0211. The number of nitrogen functional groups attached to an aromatic ring is 1. The molecule has 4 aliphatic rings. The number of nitrogens with zero attached hydrogens (tertiary/aromatic N) is 4.